The fraction of sp³-hybridized carbons (Fsp3) is 0.500. The van der Waals surface area contributed by atoms with Crippen LogP contribution in [0.2, 0.25) is 0 Å². The molecule has 84 valence electrons. The molecule has 1 rings (SSSR count). The summed E-state index contributed by atoms with van der Waals surface area (Å²) in [6.07, 6.45) is 0. The van der Waals surface area contributed by atoms with Crippen molar-refractivity contribution in [2.24, 2.45) is 11.7 Å². The third-order valence-corrected chi connectivity index (χ3v) is 4.69. The molecule has 0 heterocycles. The monoisotopic (exact) mass is 287 g/mol. The molecule has 0 aliphatic carbocycles. The van der Waals surface area contributed by atoms with Crippen molar-refractivity contribution in [1.82, 2.24) is 0 Å². The Balaban J connectivity index is 2.75. The molecule has 0 radical (unpaired) electrons. The second-order valence-corrected chi connectivity index (χ2v) is 6.33. The van der Waals surface area contributed by atoms with E-state index in [0.29, 0.717) is 17.7 Å². The first kappa shape index (κ1) is 13.1. The van der Waals surface area contributed by atoms with Crippen LogP contribution in [-0.2, 0) is 6.54 Å². The summed E-state index contributed by atoms with van der Waals surface area (Å²) in [4.78, 5) is 1.31. The number of benzene rings is 1. The molecule has 0 aliphatic heterocycles. The molecule has 0 aromatic heterocycles. The Labute approximate surface area is 105 Å². The second kappa shape index (κ2) is 5.92. The molecule has 0 amide bonds. The van der Waals surface area contributed by atoms with Gasteiger partial charge in [-0.3, -0.25) is 0 Å². The summed E-state index contributed by atoms with van der Waals surface area (Å²) < 4.78 is 1.12. The summed E-state index contributed by atoms with van der Waals surface area (Å²) >= 11 is 5.46. The smallest absolute Gasteiger partial charge is 0.0231 e. The molecular weight excluding hydrogens is 270 g/mol. The minimum atomic E-state index is 0.589. The van der Waals surface area contributed by atoms with Gasteiger partial charge in [-0.15, -0.1) is 11.8 Å². The Hall–Kier alpha value is 0.01000. The van der Waals surface area contributed by atoms with Gasteiger partial charge in [0.1, 0.15) is 0 Å². The summed E-state index contributed by atoms with van der Waals surface area (Å²) in [5, 5.41) is 0.639. The maximum Gasteiger partial charge on any atom is 0.0231 e. The van der Waals surface area contributed by atoms with Crippen molar-refractivity contribution in [2.75, 3.05) is 0 Å². The lowest BCUT2D eigenvalue weighted by Gasteiger charge is -2.15. The average molecular weight is 288 g/mol. The molecule has 0 saturated heterocycles. The highest BCUT2D eigenvalue weighted by Gasteiger charge is 2.09. The first-order chi connectivity index (χ1) is 7.04. The molecular formula is C12H18BrNS. The standard InChI is InChI=1S/C12H18BrNS/c1-8(2)9(3)15-11-5-4-10(7-14)12(13)6-11/h4-6,8-9H,7,14H2,1-3H3. The Morgan fingerprint density at radius 1 is 1.33 bits per heavy atom. The van der Waals surface area contributed by atoms with Gasteiger partial charge in [-0.05, 0) is 23.6 Å². The Morgan fingerprint density at radius 2 is 2.00 bits per heavy atom. The highest BCUT2D eigenvalue weighted by Crippen LogP contribution is 2.30. The van der Waals surface area contributed by atoms with E-state index < -0.39 is 0 Å². The molecule has 0 fully saturated rings. The SMILES string of the molecule is CC(C)C(C)Sc1ccc(CN)c(Br)c1. The second-order valence-electron chi connectivity index (χ2n) is 4.02. The van der Waals surface area contributed by atoms with E-state index in [-0.39, 0.29) is 0 Å². The lowest BCUT2D eigenvalue weighted by atomic mass is 10.2. The molecule has 0 saturated carbocycles. The predicted octanol–water partition coefficient (Wildman–Crippen LogP) is 4.04. The third-order valence-electron chi connectivity index (χ3n) is 2.51. The lowest BCUT2D eigenvalue weighted by molar-refractivity contribution is 0.642. The maximum atomic E-state index is 5.61. The molecule has 0 aliphatic rings. The van der Waals surface area contributed by atoms with E-state index in [4.69, 9.17) is 5.73 Å². The number of rotatable bonds is 4. The number of nitrogens with two attached hydrogens (primary N) is 1. The third kappa shape index (κ3) is 3.82. The lowest BCUT2D eigenvalue weighted by Crippen LogP contribution is -2.05. The molecule has 0 bridgehead atoms. The van der Waals surface area contributed by atoms with E-state index in [9.17, 15) is 0 Å². The summed E-state index contributed by atoms with van der Waals surface area (Å²) in [6.45, 7) is 7.35. The summed E-state index contributed by atoms with van der Waals surface area (Å²) in [7, 11) is 0. The Kier molecular flexibility index (Phi) is 5.16. The van der Waals surface area contributed by atoms with Crippen LogP contribution in [0.4, 0.5) is 0 Å². The molecule has 1 atom stereocenters. The number of halogens is 1. The number of hydrogen-bond acceptors (Lipinski definition) is 2. The van der Waals surface area contributed by atoms with E-state index in [0.717, 1.165) is 10.0 Å². The van der Waals surface area contributed by atoms with Crippen molar-refractivity contribution in [2.45, 2.75) is 37.5 Å². The van der Waals surface area contributed by atoms with Crippen molar-refractivity contribution < 1.29 is 0 Å². The van der Waals surface area contributed by atoms with Gasteiger partial charge in [0.25, 0.3) is 0 Å². The van der Waals surface area contributed by atoms with E-state index in [1.165, 1.54) is 4.90 Å². The fourth-order valence-electron chi connectivity index (χ4n) is 1.12. The van der Waals surface area contributed by atoms with Gasteiger partial charge >= 0.3 is 0 Å². The van der Waals surface area contributed by atoms with Crippen LogP contribution >= 0.6 is 27.7 Å². The molecule has 1 aromatic carbocycles. The Morgan fingerprint density at radius 3 is 2.47 bits per heavy atom. The van der Waals surface area contributed by atoms with Gasteiger partial charge in [0, 0.05) is 21.2 Å². The van der Waals surface area contributed by atoms with Crippen LogP contribution in [0.15, 0.2) is 27.6 Å². The van der Waals surface area contributed by atoms with Crippen molar-refractivity contribution in [1.29, 1.82) is 0 Å². The van der Waals surface area contributed by atoms with Crippen molar-refractivity contribution >= 4 is 27.7 Å². The fourth-order valence-corrected chi connectivity index (χ4v) is 2.84. The minimum absolute atomic E-state index is 0.589. The molecule has 0 spiro atoms. The number of hydrogen-bond donors (Lipinski definition) is 1. The van der Waals surface area contributed by atoms with Crippen molar-refractivity contribution in [3.05, 3.63) is 28.2 Å². The van der Waals surface area contributed by atoms with Gasteiger partial charge in [0.2, 0.25) is 0 Å². The van der Waals surface area contributed by atoms with Crippen LogP contribution in [0.3, 0.4) is 0 Å². The summed E-state index contributed by atoms with van der Waals surface area (Å²) in [5.41, 5.74) is 6.78. The quantitative estimate of drug-likeness (QED) is 0.846. The van der Waals surface area contributed by atoms with E-state index in [2.05, 4.69) is 54.9 Å². The highest BCUT2D eigenvalue weighted by atomic mass is 79.9. The van der Waals surface area contributed by atoms with Crippen LogP contribution in [0, 0.1) is 5.92 Å². The number of thioether (sulfide) groups is 1. The first-order valence-electron chi connectivity index (χ1n) is 5.19. The summed E-state index contributed by atoms with van der Waals surface area (Å²) in [5.74, 6) is 0.697. The van der Waals surface area contributed by atoms with Crippen molar-refractivity contribution in [3.63, 3.8) is 0 Å². The molecule has 3 heteroatoms. The van der Waals surface area contributed by atoms with Gasteiger partial charge in [-0.1, -0.05) is 42.8 Å². The molecule has 1 nitrogen and oxygen atoms in total. The molecule has 15 heavy (non-hydrogen) atoms. The Bertz CT molecular complexity index is 325. The van der Waals surface area contributed by atoms with Crippen LogP contribution in [-0.4, -0.2) is 5.25 Å². The van der Waals surface area contributed by atoms with E-state index >= 15 is 0 Å². The van der Waals surface area contributed by atoms with Gasteiger partial charge in [0.15, 0.2) is 0 Å². The average Bonchev–Trinajstić information content (AvgIpc) is 2.18. The van der Waals surface area contributed by atoms with Gasteiger partial charge in [-0.25, -0.2) is 0 Å². The zero-order valence-corrected chi connectivity index (χ0v) is 11.9. The van der Waals surface area contributed by atoms with Crippen LogP contribution in [0.1, 0.15) is 26.3 Å². The van der Waals surface area contributed by atoms with Gasteiger partial charge in [0.05, 0.1) is 0 Å². The first-order valence-corrected chi connectivity index (χ1v) is 6.87. The van der Waals surface area contributed by atoms with E-state index in [1.807, 2.05) is 11.8 Å². The molecule has 1 aromatic rings. The zero-order valence-electron chi connectivity index (χ0n) is 9.46. The van der Waals surface area contributed by atoms with Gasteiger partial charge < -0.3 is 5.73 Å². The largest absolute Gasteiger partial charge is 0.326 e. The van der Waals surface area contributed by atoms with Crippen molar-refractivity contribution in [3.8, 4) is 0 Å². The van der Waals surface area contributed by atoms with E-state index in [1.54, 1.807) is 0 Å². The van der Waals surface area contributed by atoms with Crippen LogP contribution < -0.4 is 5.73 Å². The highest BCUT2D eigenvalue weighted by molar-refractivity contribution is 9.10. The topological polar surface area (TPSA) is 26.0 Å². The van der Waals surface area contributed by atoms with Gasteiger partial charge in [-0.2, -0.15) is 0 Å². The normalized spacial score (nSPS) is 13.2. The zero-order chi connectivity index (χ0) is 11.4. The molecule has 2 N–H and O–H groups in total. The predicted molar refractivity (Wildman–Crippen MR) is 72.2 cm³/mol. The summed E-state index contributed by atoms with van der Waals surface area (Å²) in [6, 6.07) is 6.40. The van der Waals surface area contributed by atoms with Crippen LogP contribution in [0.5, 0.6) is 0 Å². The van der Waals surface area contributed by atoms with Crippen LogP contribution in [0.25, 0.3) is 0 Å². The minimum Gasteiger partial charge on any atom is -0.326 e. The molecule has 1 unspecified atom stereocenters. The maximum absolute atomic E-state index is 5.61.